The zero-order chi connectivity index (χ0) is 14.8. The molecule has 4 nitrogen and oxygen atoms in total. The number of carboxylic acid groups (broad SMARTS) is 1. The van der Waals surface area contributed by atoms with Crippen LogP contribution in [0.5, 0.6) is 0 Å². The molecule has 0 aliphatic carbocycles. The molecule has 0 unspecified atom stereocenters. The molecule has 0 saturated carbocycles. The van der Waals surface area contributed by atoms with E-state index in [1.54, 1.807) is 0 Å². The molecule has 1 aromatic heterocycles. The highest BCUT2D eigenvalue weighted by molar-refractivity contribution is 5.93. The van der Waals surface area contributed by atoms with E-state index in [4.69, 9.17) is 0 Å². The number of rotatable bonds is 2. The smallest absolute Gasteiger partial charge is 0.339 e. The first-order valence-electron chi connectivity index (χ1n) is 6.86. The Labute approximate surface area is 121 Å². The van der Waals surface area contributed by atoms with Crippen LogP contribution in [0.2, 0.25) is 0 Å². The summed E-state index contributed by atoms with van der Waals surface area (Å²) in [5.41, 5.74) is 2.35. The Balaban J connectivity index is 2.00. The molecule has 3 rings (SSSR count). The lowest BCUT2D eigenvalue weighted by molar-refractivity contribution is 0.0696. The normalized spacial score (nSPS) is 14.4. The molecule has 0 saturated heterocycles. The lowest BCUT2D eigenvalue weighted by atomic mass is 10.0. The largest absolute Gasteiger partial charge is 0.478 e. The van der Waals surface area contributed by atoms with Gasteiger partial charge in [-0.3, -0.25) is 0 Å². The summed E-state index contributed by atoms with van der Waals surface area (Å²) in [6, 6.07) is 9.14. The minimum absolute atomic E-state index is 0.0885. The number of halogens is 1. The summed E-state index contributed by atoms with van der Waals surface area (Å²) in [5.74, 6) is -1.46. The fourth-order valence-electron chi connectivity index (χ4n) is 2.72. The van der Waals surface area contributed by atoms with Gasteiger partial charge >= 0.3 is 5.97 Å². The number of carboxylic acids is 1. The van der Waals surface area contributed by atoms with Crippen LogP contribution in [0.15, 0.2) is 36.5 Å². The van der Waals surface area contributed by atoms with Crippen LogP contribution in [-0.4, -0.2) is 22.6 Å². The highest BCUT2D eigenvalue weighted by atomic mass is 19.1. The maximum absolute atomic E-state index is 13.2. The number of anilines is 1. The molecule has 0 fully saturated rings. The van der Waals surface area contributed by atoms with Crippen molar-refractivity contribution in [2.24, 2.45) is 0 Å². The predicted octanol–water partition coefficient (Wildman–Crippen LogP) is 2.87. The summed E-state index contributed by atoms with van der Waals surface area (Å²) in [6.45, 7) is 1.29. The van der Waals surface area contributed by atoms with Crippen LogP contribution in [-0.2, 0) is 13.0 Å². The van der Waals surface area contributed by atoms with E-state index in [0.29, 0.717) is 18.9 Å². The molecule has 0 bridgehead atoms. The minimum atomic E-state index is -1.16. The zero-order valence-corrected chi connectivity index (χ0v) is 11.4. The van der Waals surface area contributed by atoms with E-state index >= 15 is 0 Å². The number of benzene rings is 1. The first-order valence-corrected chi connectivity index (χ1v) is 6.86. The molecule has 0 spiro atoms. The van der Waals surface area contributed by atoms with Crippen LogP contribution in [0.25, 0.3) is 0 Å². The third kappa shape index (κ3) is 2.72. The molecule has 1 aliphatic heterocycles. The van der Waals surface area contributed by atoms with E-state index in [-0.39, 0.29) is 5.56 Å². The molecule has 21 heavy (non-hydrogen) atoms. The molecule has 1 aliphatic rings. The minimum Gasteiger partial charge on any atom is -0.478 e. The predicted molar refractivity (Wildman–Crippen MR) is 77.0 cm³/mol. The Bertz CT molecular complexity index is 688. The first-order chi connectivity index (χ1) is 10.1. The third-order valence-corrected chi connectivity index (χ3v) is 3.72. The van der Waals surface area contributed by atoms with E-state index in [9.17, 15) is 14.3 Å². The maximum atomic E-state index is 13.2. The van der Waals surface area contributed by atoms with E-state index in [1.807, 2.05) is 23.1 Å². The molecule has 2 aromatic rings. The Morgan fingerprint density at radius 3 is 2.81 bits per heavy atom. The van der Waals surface area contributed by atoms with E-state index in [0.717, 1.165) is 30.7 Å². The SMILES string of the molecule is O=C(O)c1cc(F)cnc1N1CCCc2ccccc2C1. The molecular formula is C16H15FN2O2. The quantitative estimate of drug-likeness (QED) is 0.922. The third-order valence-electron chi connectivity index (χ3n) is 3.72. The second kappa shape index (κ2) is 5.52. The van der Waals surface area contributed by atoms with Gasteiger partial charge in [0.05, 0.1) is 6.20 Å². The lowest BCUT2D eigenvalue weighted by Crippen LogP contribution is -2.26. The zero-order valence-electron chi connectivity index (χ0n) is 11.4. The summed E-state index contributed by atoms with van der Waals surface area (Å²) in [4.78, 5) is 17.2. The Hall–Kier alpha value is -2.43. The number of hydrogen-bond donors (Lipinski definition) is 1. The van der Waals surface area contributed by atoms with Crippen molar-refractivity contribution < 1.29 is 14.3 Å². The van der Waals surface area contributed by atoms with Crippen LogP contribution in [0.4, 0.5) is 10.2 Å². The van der Waals surface area contributed by atoms with Crippen molar-refractivity contribution in [3.63, 3.8) is 0 Å². The number of aromatic carboxylic acids is 1. The molecule has 0 radical (unpaired) electrons. The maximum Gasteiger partial charge on any atom is 0.339 e. The number of pyridine rings is 1. The summed E-state index contributed by atoms with van der Waals surface area (Å²) >= 11 is 0. The van der Waals surface area contributed by atoms with Crippen LogP contribution in [0, 0.1) is 5.82 Å². The topological polar surface area (TPSA) is 53.4 Å². The van der Waals surface area contributed by atoms with E-state index in [1.165, 1.54) is 5.56 Å². The second-order valence-electron chi connectivity index (χ2n) is 5.12. The van der Waals surface area contributed by atoms with Gasteiger partial charge in [-0.15, -0.1) is 0 Å². The van der Waals surface area contributed by atoms with Crippen LogP contribution >= 0.6 is 0 Å². The van der Waals surface area contributed by atoms with Gasteiger partial charge in [-0.25, -0.2) is 14.2 Å². The van der Waals surface area contributed by atoms with Gasteiger partial charge in [-0.05, 0) is 30.0 Å². The Morgan fingerprint density at radius 1 is 1.29 bits per heavy atom. The standard InChI is InChI=1S/C16H15FN2O2/c17-13-8-14(16(20)21)15(18-9-13)19-7-3-6-11-4-1-2-5-12(11)10-19/h1-2,4-5,8-9H,3,6-7,10H2,(H,20,21). The molecule has 1 aromatic carbocycles. The average molecular weight is 286 g/mol. The molecule has 0 amide bonds. The molecule has 1 N–H and O–H groups in total. The van der Waals surface area contributed by atoms with Crippen molar-refractivity contribution in [2.75, 3.05) is 11.4 Å². The molecule has 0 atom stereocenters. The molecule has 2 heterocycles. The second-order valence-corrected chi connectivity index (χ2v) is 5.12. The average Bonchev–Trinajstić information content (AvgIpc) is 2.69. The van der Waals surface area contributed by atoms with Gasteiger partial charge in [0.15, 0.2) is 0 Å². The number of nitrogens with zero attached hydrogens (tertiary/aromatic N) is 2. The van der Waals surface area contributed by atoms with Gasteiger partial charge in [-0.2, -0.15) is 0 Å². The molecular weight excluding hydrogens is 271 g/mol. The number of fused-ring (bicyclic) bond motifs is 1. The fourth-order valence-corrected chi connectivity index (χ4v) is 2.72. The van der Waals surface area contributed by atoms with Crippen LogP contribution in [0.1, 0.15) is 27.9 Å². The number of hydrogen-bond acceptors (Lipinski definition) is 3. The van der Waals surface area contributed by atoms with Crippen molar-refractivity contribution in [3.8, 4) is 0 Å². The van der Waals surface area contributed by atoms with Gasteiger partial charge in [0.1, 0.15) is 17.2 Å². The highest BCUT2D eigenvalue weighted by Crippen LogP contribution is 2.25. The van der Waals surface area contributed by atoms with Crippen LogP contribution < -0.4 is 4.90 Å². The van der Waals surface area contributed by atoms with Crippen molar-refractivity contribution in [1.82, 2.24) is 4.98 Å². The highest BCUT2D eigenvalue weighted by Gasteiger charge is 2.21. The van der Waals surface area contributed by atoms with Gasteiger partial charge in [0.2, 0.25) is 0 Å². The summed E-state index contributed by atoms with van der Waals surface area (Å²) < 4.78 is 13.2. The van der Waals surface area contributed by atoms with Crippen molar-refractivity contribution in [3.05, 3.63) is 59.0 Å². The number of aromatic nitrogens is 1. The van der Waals surface area contributed by atoms with Crippen LogP contribution in [0.3, 0.4) is 0 Å². The monoisotopic (exact) mass is 286 g/mol. The summed E-state index contributed by atoms with van der Waals surface area (Å²) in [5, 5.41) is 9.25. The van der Waals surface area contributed by atoms with Gasteiger partial charge in [0.25, 0.3) is 0 Å². The van der Waals surface area contributed by atoms with E-state index < -0.39 is 11.8 Å². The van der Waals surface area contributed by atoms with Gasteiger partial charge in [0, 0.05) is 13.1 Å². The Morgan fingerprint density at radius 2 is 2.05 bits per heavy atom. The van der Waals surface area contributed by atoms with E-state index in [2.05, 4.69) is 11.1 Å². The summed E-state index contributed by atoms with van der Waals surface area (Å²) in [6.07, 6.45) is 2.93. The van der Waals surface area contributed by atoms with Crippen molar-refractivity contribution >= 4 is 11.8 Å². The Kier molecular flexibility index (Phi) is 3.56. The van der Waals surface area contributed by atoms with Gasteiger partial charge < -0.3 is 10.0 Å². The van der Waals surface area contributed by atoms with Crippen molar-refractivity contribution in [2.45, 2.75) is 19.4 Å². The van der Waals surface area contributed by atoms with Crippen molar-refractivity contribution in [1.29, 1.82) is 0 Å². The molecule has 108 valence electrons. The van der Waals surface area contributed by atoms with Gasteiger partial charge in [-0.1, -0.05) is 24.3 Å². The fraction of sp³-hybridized carbons (Fsp3) is 0.250. The lowest BCUT2D eigenvalue weighted by Gasteiger charge is -2.23. The number of aryl methyl sites for hydroxylation is 1. The number of carbonyl (C=O) groups is 1. The molecule has 5 heteroatoms. The summed E-state index contributed by atoms with van der Waals surface area (Å²) in [7, 11) is 0. The first kappa shape index (κ1) is 13.5.